The average molecular weight is 362 g/mol. The molecule has 1 unspecified atom stereocenters. The normalized spacial score (nSPS) is 21.6. The van der Waals surface area contributed by atoms with Gasteiger partial charge in [0.2, 0.25) is 6.41 Å². The van der Waals surface area contributed by atoms with Gasteiger partial charge in [-0.05, 0) is 63.5 Å². The van der Waals surface area contributed by atoms with E-state index in [1.54, 1.807) is 13.0 Å². The van der Waals surface area contributed by atoms with Crippen molar-refractivity contribution < 1.29 is 9.18 Å². The third-order valence-electron chi connectivity index (χ3n) is 6.06. The molecule has 3 rings (SSSR count). The van der Waals surface area contributed by atoms with Crippen molar-refractivity contribution in [1.82, 2.24) is 9.88 Å². The van der Waals surface area contributed by atoms with E-state index < -0.39 is 0 Å². The second-order valence-corrected chi connectivity index (χ2v) is 7.97. The first kappa shape index (κ1) is 19.1. The van der Waals surface area contributed by atoms with Gasteiger partial charge in [0.15, 0.2) is 0 Å². The first-order valence-corrected chi connectivity index (χ1v) is 10.3. The van der Waals surface area contributed by atoms with E-state index in [-0.39, 0.29) is 5.82 Å². The Labute approximate surface area is 156 Å². The summed E-state index contributed by atoms with van der Waals surface area (Å²) in [5, 5.41) is 0. The van der Waals surface area contributed by atoms with Crippen LogP contribution in [0, 0.1) is 18.7 Å². The van der Waals surface area contributed by atoms with E-state index in [0.717, 1.165) is 51.1 Å². The Bertz CT molecular complexity index is 589. The van der Waals surface area contributed by atoms with Gasteiger partial charge < -0.3 is 9.80 Å². The average Bonchev–Trinajstić information content (AvgIpc) is 2.68. The Morgan fingerprint density at radius 1 is 1.23 bits per heavy atom. The van der Waals surface area contributed by atoms with E-state index in [9.17, 15) is 9.18 Å². The number of anilines is 1. The minimum atomic E-state index is -0.237. The lowest BCUT2D eigenvalue weighted by atomic mass is 9.92. The number of hydrogen-bond acceptors (Lipinski definition) is 3. The maximum absolute atomic E-state index is 13.5. The number of nitrogens with zero attached hydrogens (tertiary/aromatic N) is 3. The van der Waals surface area contributed by atoms with Gasteiger partial charge >= 0.3 is 0 Å². The molecule has 2 fully saturated rings. The van der Waals surface area contributed by atoms with E-state index in [1.165, 1.54) is 44.6 Å². The zero-order valence-electron chi connectivity index (χ0n) is 16.0. The molecule has 1 aliphatic heterocycles. The summed E-state index contributed by atoms with van der Waals surface area (Å²) in [4.78, 5) is 20.2. The summed E-state index contributed by atoms with van der Waals surface area (Å²) in [6.07, 6.45) is 11.9. The molecule has 0 spiro atoms. The number of carbonyl (C=O) groups is 1. The van der Waals surface area contributed by atoms with Gasteiger partial charge in [0.1, 0.15) is 11.6 Å². The van der Waals surface area contributed by atoms with Gasteiger partial charge in [-0.2, -0.15) is 0 Å². The molecule has 5 heteroatoms. The Morgan fingerprint density at radius 2 is 2.04 bits per heavy atom. The van der Waals surface area contributed by atoms with Gasteiger partial charge in [-0.3, -0.25) is 4.79 Å². The SMILES string of the molecule is Cc1nc(N2CCCC(CCCN(C=O)C3CCCCC3)C2)ccc1F. The Kier molecular flexibility index (Phi) is 6.86. The van der Waals surface area contributed by atoms with Crippen LogP contribution in [-0.4, -0.2) is 42.0 Å². The van der Waals surface area contributed by atoms with Crippen molar-refractivity contribution in [2.24, 2.45) is 5.92 Å². The fourth-order valence-corrected chi connectivity index (χ4v) is 4.51. The highest BCUT2D eigenvalue weighted by molar-refractivity contribution is 5.47. The van der Waals surface area contributed by atoms with E-state index in [1.807, 2.05) is 4.90 Å². The maximum atomic E-state index is 13.5. The molecular formula is C21H32FN3O. The number of piperidine rings is 1. The highest BCUT2D eigenvalue weighted by Gasteiger charge is 2.23. The Balaban J connectivity index is 1.47. The second kappa shape index (κ2) is 9.33. The minimum Gasteiger partial charge on any atom is -0.356 e. The predicted molar refractivity (Wildman–Crippen MR) is 103 cm³/mol. The summed E-state index contributed by atoms with van der Waals surface area (Å²) < 4.78 is 13.5. The van der Waals surface area contributed by atoms with E-state index in [2.05, 4.69) is 9.88 Å². The van der Waals surface area contributed by atoms with Gasteiger partial charge in [-0.15, -0.1) is 0 Å². The summed E-state index contributed by atoms with van der Waals surface area (Å²) in [5.41, 5.74) is 0.471. The number of hydrogen-bond donors (Lipinski definition) is 0. The lowest BCUT2D eigenvalue weighted by Crippen LogP contribution is -2.38. The highest BCUT2D eigenvalue weighted by atomic mass is 19.1. The van der Waals surface area contributed by atoms with E-state index >= 15 is 0 Å². The van der Waals surface area contributed by atoms with Crippen LogP contribution in [0.1, 0.15) is 63.5 Å². The first-order chi connectivity index (χ1) is 12.7. The number of pyridine rings is 1. The molecule has 2 aliphatic rings. The van der Waals surface area contributed by atoms with Crippen molar-refractivity contribution >= 4 is 12.2 Å². The van der Waals surface area contributed by atoms with Crippen molar-refractivity contribution in [2.45, 2.75) is 70.8 Å². The van der Waals surface area contributed by atoms with Crippen LogP contribution in [0.3, 0.4) is 0 Å². The number of halogens is 1. The summed E-state index contributed by atoms with van der Waals surface area (Å²) in [6.45, 7) is 4.60. The summed E-state index contributed by atoms with van der Waals surface area (Å²) in [7, 11) is 0. The van der Waals surface area contributed by atoms with Crippen LogP contribution in [0.2, 0.25) is 0 Å². The van der Waals surface area contributed by atoms with Crippen LogP contribution >= 0.6 is 0 Å². The van der Waals surface area contributed by atoms with Crippen molar-refractivity contribution in [3.63, 3.8) is 0 Å². The highest BCUT2D eigenvalue weighted by Crippen LogP contribution is 2.26. The molecule has 1 saturated heterocycles. The Morgan fingerprint density at radius 3 is 2.77 bits per heavy atom. The smallest absolute Gasteiger partial charge is 0.209 e. The zero-order valence-corrected chi connectivity index (χ0v) is 16.0. The van der Waals surface area contributed by atoms with E-state index in [4.69, 9.17) is 0 Å². The van der Waals surface area contributed by atoms with Crippen LogP contribution in [0.25, 0.3) is 0 Å². The fourth-order valence-electron chi connectivity index (χ4n) is 4.51. The maximum Gasteiger partial charge on any atom is 0.209 e. The number of amides is 1. The van der Waals surface area contributed by atoms with Crippen LogP contribution in [0.5, 0.6) is 0 Å². The zero-order chi connectivity index (χ0) is 18.4. The van der Waals surface area contributed by atoms with Gasteiger partial charge in [0.05, 0.1) is 5.69 Å². The lowest BCUT2D eigenvalue weighted by molar-refractivity contribution is -0.120. The van der Waals surface area contributed by atoms with Crippen LogP contribution in [-0.2, 0) is 4.79 Å². The summed E-state index contributed by atoms with van der Waals surface area (Å²) >= 11 is 0. The third kappa shape index (κ3) is 4.95. The number of aromatic nitrogens is 1. The van der Waals surface area contributed by atoms with Crippen LogP contribution in [0.15, 0.2) is 12.1 Å². The molecule has 1 aromatic heterocycles. The van der Waals surface area contributed by atoms with Crippen LogP contribution in [0.4, 0.5) is 10.2 Å². The molecular weight excluding hydrogens is 329 g/mol. The quantitative estimate of drug-likeness (QED) is 0.679. The molecule has 1 saturated carbocycles. The molecule has 1 aliphatic carbocycles. The van der Waals surface area contributed by atoms with Crippen molar-refractivity contribution in [3.8, 4) is 0 Å². The Hall–Kier alpha value is -1.65. The molecule has 0 radical (unpaired) electrons. The van der Waals surface area contributed by atoms with Gasteiger partial charge in [-0.25, -0.2) is 9.37 Å². The first-order valence-electron chi connectivity index (χ1n) is 10.3. The molecule has 0 aromatic carbocycles. The van der Waals surface area contributed by atoms with Gasteiger partial charge in [0, 0.05) is 25.7 Å². The number of carbonyl (C=O) groups excluding carboxylic acids is 1. The molecule has 1 amide bonds. The van der Waals surface area contributed by atoms with Crippen molar-refractivity contribution in [3.05, 3.63) is 23.6 Å². The summed E-state index contributed by atoms with van der Waals surface area (Å²) in [6, 6.07) is 3.78. The lowest BCUT2D eigenvalue weighted by Gasteiger charge is -2.35. The van der Waals surface area contributed by atoms with Crippen molar-refractivity contribution in [2.75, 3.05) is 24.5 Å². The molecule has 26 heavy (non-hydrogen) atoms. The summed E-state index contributed by atoms with van der Waals surface area (Å²) in [5.74, 6) is 1.29. The molecule has 1 atom stereocenters. The predicted octanol–water partition coefficient (Wildman–Crippen LogP) is 4.32. The van der Waals surface area contributed by atoms with Crippen LogP contribution < -0.4 is 4.90 Å². The molecule has 2 heterocycles. The molecule has 0 bridgehead atoms. The number of rotatable bonds is 7. The molecule has 4 nitrogen and oxygen atoms in total. The third-order valence-corrected chi connectivity index (χ3v) is 6.06. The molecule has 1 aromatic rings. The molecule has 0 N–H and O–H groups in total. The van der Waals surface area contributed by atoms with Crippen molar-refractivity contribution in [1.29, 1.82) is 0 Å². The molecule has 144 valence electrons. The monoisotopic (exact) mass is 361 g/mol. The van der Waals surface area contributed by atoms with E-state index in [0.29, 0.717) is 17.7 Å². The number of aryl methyl sites for hydroxylation is 1. The largest absolute Gasteiger partial charge is 0.356 e. The minimum absolute atomic E-state index is 0.237. The standard InChI is InChI=1S/C21H32FN3O/c1-17-20(22)11-12-21(23-17)24-13-5-7-18(15-24)8-6-14-25(16-26)19-9-3-2-4-10-19/h11-12,16,18-19H,2-10,13-15H2,1H3. The topological polar surface area (TPSA) is 36.4 Å². The van der Waals surface area contributed by atoms with Gasteiger partial charge in [0.25, 0.3) is 0 Å². The fraction of sp³-hybridized carbons (Fsp3) is 0.714. The second-order valence-electron chi connectivity index (χ2n) is 7.97. The van der Waals surface area contributed by atoms with Gasteiger partial charge in [-0.1, -0.05) is 19.3 Å².